The van der Waals surface area contributed by atoms with Crippen molar-refractivity contribution in [3.63, 3.8) is 0 Å². The molecule has 134 valence electrons. The largest absolute Gasteiger partial charge is 0.391 e. The molecule has 1 unspecified atom stereocenters. The third-order valence-electron chi connectivity index (χ3n) is 5.58. The van der Waals surface area contributed by atoms with Gasteiger partial charge in [-0.2, -0.15) is 18.4 Å². The number of nitrogens with one attached hydrogen (secondary N) is 1. The van der Waals surface area contributed by atoms with Crippen molar-refractivity contribution in [3.05, 3.63) is 23.4 Å². The zero-order valence-corrected chi connectivity index (χ0v) is 14.5. The smallest absolute Gasteiger partial charge is 0.317 e. The summed E-state index contributed by atoms with van der Waals surface area (Å²) in [5, 5.41) is 13.0. The molecule has 1 atom stereocenters. The van der Waals surface area contributed by atoms with E-state index in [2.05, 4.69) is 10.3 Å². The highest BCUT2D eigenvalue weighted by Crippen LogP contribution is 2.56. The third kappa shape index (κ3) is 3.14. The van der Waals surface area contributed by atoms with Crippen LogP contribution < -0.4 is 5.32 Å². The fraction of sp³-hybridized carbons (Fsp3) is 0.647. The molecule has 4 heterocycles. The Labute approximate surface area is 148 Å². The summed E-state index contributed by atoms with van der Waals surface area (Å²) >= 11 is 1.23. The molecule has 0 amide bonds. The van der Waals surface area contributed by atoms with Crippen LogP contribution in [0.4, 0.5) is 13.2 Å². The molecule has 1 N–H and O–H groups in total. The number of fused-ring (bicyclic) bond motifs is 1. The number of hydrogen-bond donors (Lipinski definition) is 1. The highest BCUT2D eigenvalue weighted by Gasteiger charge is 2.57. The van der Waals surface area contributed by atoms with Crippen LogP contribution in [0, 0.1) is 16.7 Å². The fourth-order valence-corrected chi connectivity index (χ4v) is 5.77. The maximum Gasteiger partial charge on any atom is 0.391 e. The van der Waals surface area contributed by atoms with Crippen molar-refractivity contribution >= 4 is 11.8 Å². The molecule has 2 fully saturated rings. The minimum atomic E-state index is -4.23. The summed E-state index contributed by atoms with van der Waals surface area (Å²) in [4.78, 5) is 5.22. The first-order valence-electron chi connectivity index (χ1n) is 8.44. The summed E-state index contributed by atoms with van der Waals surface area (Å²) < 4.78 is 40.1. The van der Waals surface area contributed by atoms with E-state index in [1.807, 2.05) is 11.0 Å². The van der Waals surface area contributed by atoms with Crippen molar-refractivity contribution in [2.75, 3.05) is 26.2 Å². The molecule has 25 heavy (non-hydrogen) atoms. The predicted molar refractivity (Wildman–Crippen MR) is 88.0 cm³/mol. The van der Waals surface area contributed by atoms with E-state index in [1.54, 1.807) is 6.07 Å². The number of pyridine rings is 1. The molecule has 8 heteroatoms. The van der Waals surface area contributed by atoms with Gasteiger partial charge in [-0.3, -0.25) is 4.90 Å². The second kappa shape index (κ2) is 5.86. The average Bonchev–Trinajstić information content (AvgIpc) is 2.89. The maximum atomic E-state index is 13.4. The zero-order valence-electron chi connectivity index (χ0n) is 13.7. The molecule has 3 aliphatic rings. The molecule has 0 aromatic carbocycles. The number of halogens is 3. The second-order valence-corrected chi connectivity index (χ2v) is 8.77. The number of alkyl halides is 3. The molecule has 1 aromatic rings. The number of nitrogens with zero attached hydrogens (tertiary/aromatic N) is 3. The summed E-state index contributed by atoms with van der Waals surface area (Å²) in [6.07, 6.45) is -1.29. The van der Waals surface area contributed by atoms with Crippen LogP contribution in [0.1, 0.15) is 30.4 Å². The molecular weight excluding hydrogens is 349 g/mol. The lowest BCUT2D eigenvalue weighted by Gasteiger charge is -2.58. The first-order valence-corrected chi connectivity index (χ1v) is 9.25. The minimum absolute atomic E-state index is 0.171. The topological polar surface area (TPSA) is 52.0 Å². The van der Waals surface area contributed by atoms with Crippen LogP contribution in [0.15, 0.2) is 17.3 Å². The first-order chi connectivity index (χ1) is 11.8. The van der Waals surface area contributed by atoms with Crippen LogP contribution in [0.25, 0.3) is 0 Å². The van der Waals surface area contributed by atoms with E-state index in [4.69, 9.17) is 5.26 Å². The average molecular weight is 368 g/mol. The van der Waals surface area contributed by atoms with Gasteiger partial charge in [0.05, 0.1) is 16.9 Å². The van der Waals surface area contributed by atoms with Gasteiger partial charge in [0.2, 0.25) is 0 Å². The molecule has 1 spiro atoms. The van der Waals surface area contributed by atoms with Gasteiger partial charge in [-0.1, -0.05) is 11.8 Å². The van der Waals surface area contributed by atoms with Crippen molar-refractivity contribution in [1.29, 1.82) is 5.26 Å². The van der Waals surface area contributed by atoms with Gasteiger partial charge in [-0.25, -0.2) is 4.98 Å². The Balaban J connectivity index is 1.59. The van der Waals surface area contributed by atoms with Gasteiger partial charge in [-0.05, 0) is 43.0 Å². The van der Waals surface area contributed by atoms with Crippen molar-refractivity contribution < 1.29 is 13.2 Å². The number of rotatable bonds is 2. The highest BCUT2D eigenvalue weighted by atomic mass is 32.2. The van der Waals surface area contributed by atoms with Crippen LogP contribution in [-0.4, -0.2) is 47.1 Å². The van der Waals surface area contributed by atoms with Crippen molar-refractivity contribution in [2.45, 2.75) is 41.8 Å². The Hall–Kier alpha value is -1.30. The van der Waals surface area contributed by atoms with Gasteiger partial charge in [0.1, 0.15) is 11.1 Å². The Bertz CT molecular complexity index is 716. The standard InChI is InChI=1S/C17H19F3N4S/c18-17(19,20)9-16(24-10-15(11-24)1-3-22-4-2-15)6-13-5-12(7-21)8-23-14(13)25-16/h5,8,22H,1-4,6,9-11H2. The number of hydrogen-bond acceptors (Lipinski definition) is 5. The number of aromatic nitrogens is 1. The first kappa shape index (κ1) is 17.1. The van der Waals surface area contributed by atoms with Gasteiger partial charge in [0.25, 0.3) is 0 Å². The summed E-state index contributed by atoms with van der Waals surface area (Å²) in [5.41, 5.74) is 1.34. The molecular formula is C17H19F3N4S. The normalized spacial score (nSPS) is 28.4. The van der Waals surface area contributed by atoms with Crippen LogP contribution in [0.3, 0.4) is 0 Å². The second-order valence-electron chi connectivity index (χ2n) is 7.42. The summed E-state index contributed by atoms with van der Waals surface area (Å²) in [6.45, 7) is 3.33. The summed E-state index contributed by atoms with van der Waals surface area (Å²) in [5.74, 6) is 0. The Morgan fingerprint density at radius 2 is 2.04 bits per heavy atom. The number of likely N-dealkylation sites (tertiary alicyclic amines) is 1. The van der Waals surface area contributed by atoms with E-state index in [0.717, 1.165) is 44.6 Å². The summed E-state index contributed by atoms with van der Waals surface area (Å²) in [6, 6.07) is 3.71. The van der Waals surface area contributed by atoms with Gasteiger partial charge in [0, 0.05) is 25.7 Å². The van der Waals surface area contributed by atoms with Gasteiger partial charge in [0.15, 0.2) is 0 Å². The summed E-state index contributed by atoms with van der Waals surface area (Å²) in [7, 11) is 0. The highest BCUT2D eigenvalue weighted by molar-refractivity contribution is 8.00. The van der Waals surface area contributed by atoms with E-state index in [0.29, 0.717) is 17.0 Å². The molecule has 0 radical (unpaired) electrons. The van der Waals surface area contributed by atoms with E-state index in [-0.39, 0.29) is 5.41 Å². The molecule has 3 aliphatic heterocycles. The lowest BCUT2D eigenvalue weighted by Crippen LogP contribution is -2.67. The number of piperidine rings is 1. The van der Waals surface area contributed by atoms with Crippen LogP contribution in [0.2, 0.25) is 0 Å². The number of nitriles is 1. The zero-order chi connectivity index (χ0) is 17.7. The SMILES string of the molecule is N#Cc1cnc2c(c1)CC(CC(F)(F)F)(N1CC3(CCNCC3)C1)S2. The minimum Gasteiger partial charge on any atom is -0.317 e. The molecule has 2 saturated heterocycles. The monoisotopic (exact) mass is 368 g/mol. The van der Waals surface area contributed by atoms with E-state index < -0.39 is 17.5 Å². The van der Waals surface area contributed by atoms with E-state index >= 15 is 0 Å². The molecule has 0 aliphatic carbocycles. The lowest BCUT2D eigenvalue weighted by atomic mass is 9.71. The quantitative estimate of drug-likeness (QED) is 0.870. The Kier molecular flexibility index (Phi) is 4.02. The molecule has 0 bridgehead atoms. The van der Waals surface area contributed by atoms with Gasteiger partial charge < -0.3 is 5.32 Å². The van der Waals surface area contributed by atoms with Gasteiger partial charge >= 0.3 is 6.18 Å². The van der Waals surface area contributed by atoms with Crippen LogP contribution >= 0.6 is 11.8 Å². The van der Waals surface area contributed by atoms with E-state index in [9.17, 15) is 13.2 Å². The van der Waals surface area contributed by atoms with Crippen LogP contribution in [0.5, 0.6) is 0 Å². The van der Waals surface area contributed by atoms with Crippen molar-refractivity contribution in [1.82, 2.24) is 15.2 Å². The molecule has 4 nitrogen and oxygen atoms in total. The maximum absolute atomic E-state index is 13.4. The van der Waals surface area contributed by atoms with Gasteiger partial charge in [-0.15, -0.1) is 0 Å². The van der Waals surface area contributed by atoms with Crippen molar-refractivity contribution in [3.8, 4) is 6.07 Å². The van der Waals surface area contributed by atoms with Crippen LogP contribution in [-0.2, 0) is 6.42 Å². The fourth-order valence-electron chi connectivity index (χ4n) is 4.32. The third-order valence-corrected chi connectivity index (χ3v) is 7.07. The predicted octanol–water partition coefficient (Wildman–Crippen LogP) is 2.94. The lowest BCUT2D eigenvalue weighted by molar-refractivity contribution is -0.167. The molecule has 1 aromatic heterocycles. The molecule has 0 saturated carbocycles. The van der Waals surface area contributed by atoms with Crippen molar-refractivity contribution in [2.24, 2.45) is 5.41 Å². The Morgan fingerprint density at radius 3 is 2.68 bits per heavy atom. The molecule has 4 rings (SSSR count). The number of thioether (sulfide) groups is 1. The Morgan fingerprint density at radius 1 is 1.32 bits per heavy atom. The van der Waals surface area contributed by atoms with E-state index in [1.165, 1.54) is 18.0 Å².